The van der Waals surface area contributed by atoms with E-state index in [9.17, 15) is 4.79 Å². The van der Waals surface area contributed by atoms with Crippen molar-refractivity contribution >= 4 is 11.9 Å². The molecule has 2 rings (SSSR count). The number of carbonyl (C=O) groups is 1. The molecular formula is C16H26N4O2. The van der Waals surface area contributed by atoms with E-state index in [1.54, 1.807) is 13.1 Å². The maximum absolute atomic E-state index is 11.8. The fourth-order valence-electron chi connectivity index (χ4n) is 2.81. The summed E-state index contributed by atoms with van der Waals surface area (Å²) in [6.45, 7) is 7.29. The number of hydrogen-bond acceptors (Lipinski definition) is 6. The van der Waals surface area contributed by atoms with Gasteiger partial charge < -0.3 is 14.5 Å². The zero-order valence-electron chi connectivity index (χ0n) is 14.2. The molecular weight excluding hydrogens is 280 g/mol. The topological polar surface area (TPSA) is 58.6 Å². The molecule has 2 atom stereocenters. The molecule has 0 N–H and O–H groups in total. The normalized spacial score (nSPS) is 22.4. The molecule has 22 heavy (non-hydrogen) atoms. The van der Waals surface area contributed by atoms with Crippen molar-refractivity contribution in [2.24, 2.45) is 0 Å². The number of hydrogen-bond donors (Lipinski definition) is 0. The molecule has 1 aliphatic heterocycles. The second-order valence-electron chi connectivity index (χ2n) is 6.01. The van der Waals surface area contributed by atoms with E-state index < -0.39 is 0 Å². The van der Waals surface area contributed by atoms with Crippen LogP contribution in [0.4, 0.5) is 5.95 Å². The Morgan fingerprint density at radius 1 is 1.55 bits per heavy atom. The summed E-state index contributed by atoms with van der Waals surface area (Å²) in [7, 11) is 4.19. The maximum atomic E-state index is 11.8. The van der Waals surface area contributed by atoms with Crippen LogP contribution in [0, 0.1) is 6.92 Å². The summed E-state index contributed by atoms with van der Waals surface area (Å²) in [4.78, 5) is 25.2. The van der Waals surface area contributed by atoms with Crippen molar-refractivity contribution in [3.63, 3.8) is 0 Å². The smallest absolute Gasteiger partial charge is 0.341 e. The van der Waals surface area contributed by atoms with E-state index in [2.05, 4.69) is 33.7 Å². The highest BCUT2D eigenvalue weighted by Crippen LogP contribution is 2.23. The quantitative estimate of drug-likeness (QED) is 0.792. The molecule has 6 nitrogen and oxygen atoms in total. The standard InChI is InChI=1S/C16H26N4O2/c1-6-22-15(21)14-10-17-16(18-12(14)3)20(5)13-7-8-19(4)11(2)9-13/h10-11,13H,6-9H2,1-5H3/t11-,13+/m1/s1. The Morgan fingerprint density at radius 2 is 2.27 bits per heavy atom. The van der Waals surface area contributed by atoms with Crippen molar-refractivity contribution in [1.29, 1.82) is 0 Å². The lowest BCUT2D eigenvalue weighted by molar-refractivity contribution is 0.0524. The summed E-state index contributed by atoms with van der Waals surface area (Å²) >= 11 is 0. The minimum absolute atomic E-state index is 0.355. The van der Waals surface area contributed by atoms with Gasteiger partial charge in [-0.1, -0.05) is 0 Å². The molecule has 1 aromatic rings. The van der Waals surface area contributed by atoms with Gasteiger partial charge in [0.1, 0.15) is 0 Å². The molecule has 0 bridgehead atoms. The highest BCUT2D eigenvalue weighted by molar-refractivity contribution is 5.90. The number of aromatic nitrogens is 2. The number of piperidine rings is 1. The van der Waals surface area contributed by atoms with Crippen LogP contribution in [0.5, 0.6) is 0 Å². The van der Waals surface area contributed by atoms with Crippen LogP contribution in [-0.2, 0) is 4.74 Å². The third-order valence-electron chi connectivity index (χ3n) is 4.51. The molecule has 0 unspecified atom stereocenters. The molecule has 122 valence electrons. The molecule has 1 aliphatic rings. The molecule has 0 aromatic carbocycles. The number of esters is 1. The lowest BCUT2D eigenvalue weighted by Gasteiger charge is -2.39. The second-order valence-corrected chi connectivity index (χ2v) is 6.01. The Labute approximate surface area is 132 Å². The van der Waals surface area contributed by atoms with Gasteiger partial charge in [0.05, 0.1) is 17.9 Å². The lowest BCUT2D eigenvalue weighted by Crippen LogP contribution is -2.46. The third-order valence-corrected chi connectivity index (χ3v) is 4.51. The van der Waals surface area contributed by atoms with Crippen molar-refractivity contribution in [1.82, 2.24) is 14.9 Å². The van der Waals surface area contributed by atoms with E-state index in [0.29, 0.717) is 35.9 Å². The Morgan fingerprint density at radius 3 is 2.86 bits per heavy atom. The molecule has 1 fully saturated rings. The highest BCUT2D eigenvalue weighted by Gasteiger charge is 2.27. The minimum atomic E-state index is -0.359. The summed E-state index contributed by atoms with van der Waals surface area (Å²) in [6, 6.07) is 0.986. The van der Waals surface area contributed by atoms with E-state index in [-0.39, 0.29) is 5.97 Å². The Balaban J connectivity index is 2.12. The summed E-state index contributed by atoms with van der Waals surface area (Å²) in [5.74, 6) is 0.314. The van der Waals surface area contributed by atoms with Gasteiger partial charge in [0.15, 0.2) is 0 Å². The van der Waals surface area contributed by atoms with Gasteiger partial charge >= 0.3 is 5.97 Å². The molecule has 2 heterocycles. The first-order valence-corrected chi connectivity index (χ1v) is 7.87. The van der Waals surface area contributed by atoms with Crippen LogP contribution in [-0.4, -0.2) is 60.2 Å². The number of anilines is 1. The van der Waals surface area contributed by atoms with Crippen LogP contribution in [0.15, 0.2) is 6.20 Å². The number of ether oxygens (including phenoxy) is 1. The number of likely N-dealkylation sites (tertiary alicyclic amines) is 1. The van der Waals surface area contributed by atoms with Crippen molar-refractivity contribution < 1.29 is 9.53 Å². The van der Waals surface area contributed by atoms with Gasteiger partial charge in [0.2, 0.25) is 5.95 Å². The number of aryl methyl sites for hydroxylation is 1. The van der Waals surface area contributed by atoms with Crippen LogP contribution in [0.1, 0.15) is 42.7 Å². The summed E-state index contributed by atoms with van der Waals surface area (Å²) in [5.41, 5.74) is 1.10. The lowest BCUT2D eigenvalue weighted by atomic mass is 9.98. The average molecular weight is 306 g/mol. The van der Waals surface area contributed by atoms with Gasteiger partial charge in [-0.2, -0.15) is 0 Å². The zero-order chi connectivity index (χ0) is 16.3. The first-order chi connectivity index (χ1) is 10.4. The minimum Gasteiger partial charge on any atom is -0.462 e. The zero-order valence-corrected chi connectivity index (χ0v) is 14.2. The number of nitrogens with zero attached hydrogens (tertiary/aromatic N) is 4. The van der Waals surface area contributed by atoms with E-state index in [1.807, 2.05) is 14.0 Å². The van der Waals surface area contributed by atoms with E-state index in [1.165, 1.54) is 0 Å². The SMILES string of the molecule is CCOC(=O)c1cnc(N(C)[C@H]2CCN(C)[C@H](C)C2)nc1C. The largest absolute Gasteiger partial charge is 0.462 e. The molecule has 6 heteroatoms. The van der Waals surface area contributed by atoms with Gasteiger partial charge in [0.25, 0.3) is 0 Å². The molecule has 1 aromatic heterocycles. The monoisotopic (exact) mass is 306 g/mol. The summed E-state index contributed by atoms with van der Waals surface area (Å²) in [5, 5.41) is 0. The summed E-state index contributed by atoms with van der Waals surface area (Å²) in [6.07, 6.45) is 3.76. The molecule has 1 saturated heterocycles. The molecule has 0 amide bonds. The van der Waals surface area contributed by atoms with Crippen molar-refractivity contribution in [2.45, 2.75) is 45.7 Å². The predicted molar refractivity (Wildman–Crippen MR) is 86.2 cm³/mol. The van der Waals surface area contributed by atoms with Gasteiger partial charge in [0, 0.05) is 31.9 Å². The highest BCUT2D eigenvalue weighted by atomic mass is 16.5. The number of carbonyl (C=O) groups excluding carboxylic acids is 1. The van der Waals surface area contributed by atoms with Gasteiger partial charge in [-0.25, -0.2) is 14.8 Å². The van der Waals surface area contributed by atoms with Crippen LogP contribution in [0.25, 0.3) is 0 Å². The van der Waals surface area contributed by atoms with Crippen molar-refractivity contribution in [3.05, 3.63) is 17.5 Å². The van der Waals surface area contributed by atoms with Crippen molar-refractivity contribution in [3.8, 4) is 0 Å². The van der Waals surface area contributed by atoms with Crippen LogP contribution >= 0.6 is 0 Å². The van der Waals surface area contributed by atoms with Crippen LogP contribution in [0.2, 0.25) is 0 Å². The average Bonchev–Trinajstić information content (AvgIpc) is 2.49. The first kappa shape index (κ1) is 16.7. The fourth-order valence-corrected chi connectivity index (χ4v) is 2.81. The Hall–Kier alpha value is -1.69. The Kier molecular flexibility index (Phi) is 5.34. The summed E-state index contributed by atoms with van der Waals surface area (Å²) < 4.78 is 5.01. The van der Waals surface area contributed by atoms with Gasteiger partial charge in [-0.3, -0.25) is 0 Å². The van der Waals surface area contributed by atoms with E-state index in [0.717, 1.165) is 19.4 Å². The van der Waals surface area contributed by atoms with Gasteiger partial charge in [-0.15, -0.1) is 0 Å². The predicted octanol–water partition coefficient (Wildman–Crippen LogP) is 1.88. The second kappa shape index (κ2) is 7.05. The molecule has 0 radical (unpaired) electrons. The van der Waals surface area contributed by atoms with Gasteiger partial charge in [-0.05, 0) is 40.7 Å². The molecule has 0 spiro atoms. The molecule has 0 saturated carbocycles. The first-order valence-electron chi connectivity index (χ1n) is 7.87. The van der Waals surface area contributed by atoms with E-state index >= 15 is 0 Å². The Bertz CT molecular complexity index is 535. The van der Waals surface area contributed by atoms with E-state index in [4.69, 9.17) is 4.74 Å². The van der Waals surface area contributed by atoms with Crippen LogP contribution < -0.4 is 4.90 Å². The molecule has 0 aliphatic carbocycles. The van der Waals surface area contributed by atoms with Crippen LogP contribution in [0.3, 0.4) is 0 Å². The van der Waals surface area contributed by atoms with Crippen molar-refractivity contribution in [2.75, 3.05) is 32.1 Å². The fraction of sp³-hybridized carbons (Fsp3) is 0.688. The number of rotatable bonds is 4. The third kappa shape index (κ3) is 3.55. The maximum Gasteiger partial charge on any atom is 0.341 e.